The molecule has 0 saturated heterocycles. The van der Waals surface area contributed by atoms with Crippen LogP contribution in [-0.2, 0) is 4.74 Å². The molecule has 0 saturated carbocycles. The third kappa shape index (κ3) is 2.89. The van der Waals surface area contributed by atoms with Crippen molar-refractivity contribution in [3.63, 3.8) is 0 Å². The minimum absolute atomic E-state index is 0.108. The van der Waals surface area contributed by atoms with Gasteiger partial charge in [0, 0.05) is 24.8 Å². The molecule has 0 spiro atoms. The van der Waals surface area contributed by atoms with Gasteiger partial charge in [-0.25, -0.2) is 0 Å². The molecule has 116 valence electrons. The van der Waals surface area contributed by atoms with Gasteiger partial charge in [-0.15, -0.1) is 0 Å². The van der Waals surface area contributed by atoms with Crippen LogP contribution in [0.2, 0.25) is 0 Å². The van der Waals surface area contributed by atoms with E-state index in [1.54, 1.807) is 25.3 Å². The third-order valence-corrected chi connectivity index (χ3v) is 3.19. The Balaban J connectivity index is 1.75. The van der Waals surface area contributed by atoms with E-state index in [1.165, 1.54) is 0 Å². The Morgan fingerprint density at radius 3 is 3.00 bits per heavy atom. The number of rotatable bonds is 5. The van der Waals surface area contributed by atoms with Gasteiger partial charge in [0.2, 0.25) is 6.79 Å². The molecule has 2 aromatic rings. The van der Waals surface area contributed by atoms with E-state index in [2.05, 4.69) is 10.5 Å². The molecule has 7 nitrogen and oxygen atoms in total. The largest absolute Gasteiger partial charge is 0.454 e. The van der Waals surface area contributed by atoms with Crippen molar-refractivity contribution in [1.82, 2.24) is 10.5 Å². The molecule has 1 atom stereocenters. The molecule has 2 heterocycles. The number of hydrogen-bond donors (Lipinski definition) is 1. The Labute approximate surface area is 127 Å². The Kier molecular flexibility index (Phi) is 3.97. The summed E-state index contributed by atoms with van der Waals surface area (Å²) in [7, 11) is 1.58. The lowest BCUT2D eigenvalue weighted by Crippen LogP contribution is -2.35. The first-order valence-electron chi connectivity index (χ1n) is 6.84. The Bertz CT molecular complexity index is 682. The van der Waals surface area contributed by atoms with Gasteiger partial charge in [-0.2, -0.15) is 0 Å². The van der Waals surface area contributed by atoms with E-state index in [0.717, 1.165) is 5.56 Å². The predicted molar refractivity (Wildman–Crippen MR) is 76.9 cm³/mol. The van der Waals surface area contributed by atoms with Crippen LogP contribution >= 0.6 is 0 Å². The van der Waals surface area contributed by atoms with Gasteiger partial charge >= 0.3 is 0 Å². The summed E-state index contributed by atoms with van der Waals surface area (Å²) in [4.78, 5) is 12.0. The number of carbonyl (C=O) groups is 1. The Morgan fingerprint density at radius 1 is 1.36 bits per heavy atom. The first-order valence-corrected chi connectivity index (χ1v) is 6.84. The first kappa shape index (κ1) is 14.4. The molecule has 0 aliphatic carbocycles. The van der Waals surface area contributed by atoms with Crippen LogP contribution in [-0.4, -0.2) is 37.6 Å². The third-order valence-electron chi connectivity index (χ3n) is 3.19. The molecule has 1 N–H and O–H groups in total. The zero-order valence-corrected chi connectivity index (χ0v) is 12.3. The highest BCUT2D eigenvalue weighted by molar-refractivity contribution is 5.93. The second kappa shape index (κ2) is 6.07. The quantitative estimate of drug-likeness (QED) is 0.907. The monoisotopic (exact) mass is 304 g/mol. The minimum Gasteiger partial charge on any atom is -0.454 e. The zero-order valence-electron chi connectivity index (χ0n) is 12.3. The minimum atomic E-state index is -0.305. The SMILES string of the molecule is COCC(C)NC(=O)c1cc(-c2ccc3c(c2)OCO3)on1. The Hall–Kier alpha value is -2.54. The smallest absolute Gasteiger partial charge is 0.273 e. The number of benzene rings is 1. The lowest BCUT2D eigenvalue weighted by Gasteiger charge is -2.10. The van der Waals surface area contributed by atoms with Gasteiger partial charge in [-0.05, 0) is 25.1 Å². The van der Waals surface area contributed by atoms with Crippen molar-refractivity contribution >= 4 is 5.91 Å². The molecule has 22 heavy (non-hydrogen) atoms. The van der Waals surface area contributed by atoms with Crippen LogP contribution < -0.4 is 14.8 Å². The number of hydrogen-bond acceptors (Lipinski definition) is 6. The van der Waals surface area contributed by atoms with Crippen LogP contribution in [0.25, 0.3) is 11.3 Å². The van der Waals surface area contributed by atoms with Crippen molar-refractivity contribution in [2.75, 3.05) is 20.5 Å². The molecule has 0 bridgehead atoms. The average Bonchev–Trinajstić information content (AvgIpc) is 3.15. The first-order chi connectivity index (χ1) is 10.7. The van der Waals surface area contributed by atoms with Crippen molar-refractivity contribution in [1.29, 1.82) is 0 Å². The summed E-state index contributed by atoms with van der Waals surface area (Å²) in [5.74, 6) is 1.52. The highest BCUT2D eigenvalue weighted by atomic mass is 16.7. The molecule has 1 unspecified atom stereocenters. The second-order valence-electron chi connectivity index (χ2n) is 4.97. The molecule has 1 aromatic heterocycles. The average molecular weight is 304 g/mol. The number of fused-ring (bicyclic) bond motifs is 1. The van der Waals surface area contributed by atoms with Gasteiger partial charge < -0.3 is 24.1 Å². The summed E-state index contributed by atoms with van der Waals surface area (Å²) in [6, 6.07) is 6.89. The summed E-state index contributed by atoms with van der Waals surface area (Å²) < 4.78 is 20.8. The molecule has 0 radical (unpaired) electrons. The van der Waals surface area contributed by atoms with Gasteiger partial charge in [0.1, 0.15) is 0 Å². The standard InChI is InChI=1S/C15H16N2O5/c1-9(7-19-2)16-15(18)11-6-13(22-17-11)10-3-4-12-14(5-10)21-8-20-12/h3-6,9H,7-8H2,1-2H3,(H,16,18). The van der Waals surface area contributed by atoms with Gasteiger partial charge in [0.15, 0.2) is 23.0 Å². The second-order valence-corrected chi connectivity index (χ2v) is 4.97. The molecular formula is C15H16N2O5. The predicted octanol–water partition coefficient (Wildman–Crippen LogP) is 1.83. The summed E-state index contributed by atoms with van der Waals surface area (Å²) in [5, 5.41) is 6.57. The van der Waals surface area contributed by atoms with E-state index in [4.69, 9.17) is 18.7 Å². The number of nitrogens with one attached hydrogen (secondary N) is 1. The normalized spacial score (nSPS) is 13.9. The molecular weight excluding hydrogens is 288 g/mol. The summed E-state index contributed by atoms with van der Waals surface area (Å²) in [6.07, 6.45) is 0. The van der Waals surface area contributed by atoms with Crippen LogP contribution in [0.15, 0.2) is 28.8 Å². The molecule has 1 aliphatic heterocycles. The molecule has 7 heteroatoms. The van der Waals surface area contributed by atoms with E-state index in [0.29, 0.717) is 23.9 Å². The zero-order chi connectivity index (χ0) is 15.5. The van der Waals surface area contributed by atoms with Crippen LogP contribution in [0.4, 0.5) is 0 Å². The van der Waals surface area contributed by atoms with Crippen molar-refractivity contribution in [3.05, 3.63) is 30.0 Å². The number of methoxy groups -OCH3 is 1. The summed E-state index contributed by atoms with van der Waals surface area (Å²) in [5.41, 5.74) is 0.983. The highest BCUT2D eigenvalue weighted by Gasteiger charge is 2.18. The van der Waals surface area contributed by atoms with Crippen LogP contribution in [0.3, 0.4) is 0 Å². The molecule has 3 rings (SSSR count). The lowest BCUT2D eigenvalue weighted by atomic mass is 10.1. The van der Waals surface area contributed by atoms with Crippen LogP contribution in [0.5, 0.6) is 11.5 Å². The Morgan fingerprint density at radius 2 is 2.18 bits per heavy atom. The number of ether oxygens (including phenoxy) is 3. The molecule has 0 fully saturated rings. The maximum Gasteiger partial charge on any atom is 0.273 e. The van der Waals surface area contributed by atoms with E-state index in [1.807, 2.05) is 13.0 Å². The summed E-state index contributed by atoms with van der Waals surface area (Å²) >= 11 is 0. The van der Waals surface area contributed by atoms with E-state index >= 15 is 0 Å². The van der Waals surface area contributed by atoms with Gasteiger partial charge in [0.25, 0.3) is 5.91 Å². The van der Waals surface area contributed by atoms with E-state index < -0.39 is 0 Å². The number of amides is 1. The van der Waals surface area contributed by atoms with Crippen LogP contribution in [0.1, 0.15) is 17.4 Å². The number of nitrogens with zero attached hydrogens (tertiary/aromatic N) is 1. The fourth-order valence-corrected chi connectivity index (χ4v) is 2.16. The molecule has 1 amide bonds. The molecule has 1 aromatic carbocycles. The van der Waals surface area contributed by atoms with Crippen LogP contribution in [0, 0.1) is 0 Å². The van der Waals surface area contributed by atoms with Crippen molar-refractivity contribution in [2.45, 2.75) is 13.0 Å². The fraction of sp³-hybridized carbons (Fsp3) is 0.333. The fourth-order valence-electron chi connectivity index (χ4n) is 2.16. The van der Waals surface area contributed by atoms with Gasteiger partial charge in [0.05, 0.1) is 6.61 Å². The maximum atomic E-state index is 12.0. The number of aromatic nitrogens is 1. The highest BCUT2D eigenvalue weighted by Crippen LogP contribution is 2.35. The van der Waals surface area contributed by atoms with Gasteiger partial charge in [-0.1, -0.05) is 5.16 Å². The van der Waals surface area contributed by atoms with E-state index in [-0.39, 0.29) is 24.4 Å². The van der Waals surface area contributed by atoms with Gasteiger partial charge in [-0.3, -0.25) is 4.79 Å². The van der Waals surface area contributed by atoms with Crippen molar-refractivity contribution in [3.8, 4) is 22.8 Å². The topological polar surface area (TPSA) is 82.8 Å². The lowest BCUT2D eigenvalue weighted by molar-refractivity contribution is 0.0896. The maximum absolute atomic E-state index is 12.0. The summed E-state index contributed by atoms with van der Waals surface area (Å²) in [6.45, 7) is 2.49. The van der Waals surface area contributed by atoms with Crippen molar-refractivity contribution in [2.24, 2.45) is 0 Å². The molecule has 1 aliphatic rings. The van der Waals surface area contributed by atoms with Crippen molar-refractivity contribution < 1.29 is 23.5 Å². The number of carbonyl (C=O) groups excluding carboxylic acids is 1. The van der Waals surface area contributed by atoms with E-state index in [9.17, 15) is 4.79 Å².